The van der Waals surface area contributed by atoms with Crippen molar-refractivity contribution in [1.29, 1.82) is 0 Å². The first-order valence-corrected chi connectivity index (χ1v) is 5.98. The molecule has 0 aliphatic carbocycles. The minimum Gasteiger partial charge on any atom is -0.0622 e. The van der Waals surface area contributed by atoms with E-state index < -0.39 is 0 Å². The Morgan fingerprint density at radius 3 is 1.83 bits per heavy atom. The summed E-state index contributed by atoms with van der Waals surface area (Å²) in [5.41, 5.74) is 2.38. The summed E-state index contributed by atoms with van der Waals surface area (Å²) in [4.78, 5) is 0. The Morgan fingerprint density at radius 2 is 1.22 bits per heavy atom. The summed E-state index contributed by atoms with van der Waals surface area (Å²) in [7, 11) is 0. The van der Waals surface area contributed by atoms with Gasteiger partial charge in [0.2, 0.25) is 0 Å². The van der Waals surface area contributed by atoms with Crippen molar-refractivity contribution < 1.29 is 0 Å². The van der Waals surface area contributed by atoms with Crippen LogP contribution in [0.1, 0.15) is 11.1 Å². The van der Waals surface area contributed by atoms with Crippen LogP contribution < -0.4 is 0 Å². The molecular formula is C18H15. The second kappa shape index (κ2) is 7.08. The van der Waals surface area contributed by atoms with Gasteiger partial charge in [-0.15, -0.1) is 0 Å². The molecule has 18 heavy (non-hydrogen) atoms. The molecule has 0 aliphatic rings. The molecule has 0 spiro atoms. The van der Waals surface area contributed by atoms with Crippen molar-refractivity contribution in [3.8, 4) is 0 Å². The van der Waals surface area contributed by atoms with Crippen LogP contribution in [0, 0.1) is 6.08 Å². The van der Waals surface area contributed by atoms with Gasteiger partial charge in [-0.25, -0.2) is 0 Å². The summed E-state index contributed by atoms with van der Waals surface area (Å²) in [6, 6.07) is 20.4. The van der Waals surface area contributed by atoms with Gasteiger partial charge >= 0.3 is 0 Å². The molecule has 0 bridgehead atoms. The maximum Gasteiger partial charge on any atom is -0.0184 e. The van der Waals surface area contributed by atoms with Crippen molar-refractivity contribution in [1.82, 2.24) is 0 Å². The number of benzene rings is 2. The lowest BCUT2D eigenvalue weighted by Crippen LogP contribution is -1.67. The van der Waals surface area contributed by atoms with Gasteiger partial charge < -0.3 is 0 Å². The lowest BCUT2D eigenvalue weighted by molar-refractivity contribution is 1.65. The molecule has 87 valence electrons. The zero-order chi connectivity index (χ0) is 12.5. The predicted molar refractivity (Wildman–Crippen MR) is 78.8 cm³/mol. The lowest BCUT2D eigenvalue weighted by atomic mass is 10.2. The summed E-state index contributed by atoms with van der Waals surface area (Å²) in [6.45, 7) is 0. The minimum absolute atomic E-state index is 1.19. The van der Waals surface area contributed by atoms with Gasteiger partial charge in [0.1, 0.15) is 0 Å². The molecule has 2 aromatic carbocycles. The highest BCUT2D eigenvalue weighted by Gasteiger charge is 1.80. The zero-order valence-corrected chi connectivity index (χ0v) is 10.2. The SMILES string of the molecule is [C](=CC=Cc1ccccc1)C=Cc1ccccc1. The van der Waals surface area contributed by atoms with E-state index >= 15 is 0 Å². The van der Waals surface area contributed by atoms with E-state index in [9.17, 15) is 0 Å². The summed E-state index contributed by atoms with van der Waals surface area (Å²) in [5, 5.41) is 0. The summed E-state index contributed by atoms with van der Waals surface area (Å²) in [5.74, 6) is 0. The van der Waals surface area contributed by atoms with Crippen molar-refractivity contribution in [2.24, 2.45) is 0 Å². The highest BCUT2D eigenvalue weighted by atomic mass is 13.9. The first kappa shape index (κ1) is 12.1. The summed E-state index contributed by atoms with van der Waals surface area (Å²) < 4.78 is 0. The van der Waals surface area contributed by atoms with Gasteiger partial charge in [0.15, 0.2) is 0 Å². The Bertz CT molecular complexity index is 479. The fourth-order valence-electron chi connectivity index (χ4n) is 1.54. The van der Waals surface area contributed by atoms with Crippen molar-refractivity contribution >= 4 is 12.2 Å². The van der Waals surface area contributed by atoms with Crippen LogP contribution in [0.5, 0.6) is 0 Å². The molecule has 0 nitrogen and oxygen atoms in total. The molecule has 0 heteroatoms. The molecule has 0 atom stereocenters. The minimum atomic E-state index is 1.19. The van der Waals surface area contributed by atoms with Gasteiger partial charge in [-0.1, -0.05) is 91.0 Å². The van der Waals surface area contributed by atoms with E-state index in [1.165, 1.54) is 11.1 Å². The maximum atomic E-state index is 3.11. The van der Waals surface area contributed by atoms with E-state index in [1.54, 1.807) is 0 Å². The summed E-state index contributed by atoms with van der Waals surface area (Å²) in [6.07, 6.45) is 13.0. The largest absolute Gasteiger partial charge is 0.0622 e. The van der Waals surface area contributed by atoms with Crippen molar-refractivity contribution in [2.75, 3.05) is 0 Å². The zero-order valence-electron chi connectivity index (χ0n) is 10.2. The second-order valence-electron chi connectivity index (χ2n) is 3.85. The van der Waals surface area contributed by atoms with E-state index in [2.05, 4.69) is 36.4 Å². The van der Waals surface area contributed by atoms with Crippen LogP contribution in [0.2, 0.25) is 0 Å². The fraction of sp³-hybridized carbons (Fsp3) is 0. The third-order valence-corrected chi connectivity index (χ3v) is 2.45. The highest BCUT2D eigenvalue weighted by molar-refractivity contribution is 5.52. The molecular weight excluding hydrogens is 216 g/mol. The average Bonchev–Trinajstić information content (AvgIpc) is 2.45. The van der Waals surface area contributed by atoms with Gasteiger partial charge in [-0.2, -0.15) is 0 Å². The standard InChI is InChI=1S/C18H15/c1(5-11-17-13-7-3-8-14-17)2-6-12-18-15-9-4-10-16-18/h1,3-16H. The molecule has 0 saturated carbocycles. The smallest absolute Gasteiger partial charge is 0.0184 e. The topological polar surface area (TPSA) is 0 Å². The molecule has 0 heterocycles. The van der Waals surface area contributed by atoms with Crippen molar-refractivity contribution in [3.63, 3.8) is 0 Å². The molecule has 0 unspecified atom stereocenters. The third-order valence-electron chi connectivity index (χ3n) is 2.45. The first-order valence-electron chi connectivity index (χ1n) is 5.98. The number of allylic oxidation sites excluding steroid dienone is 4. The number of rotatable bonds is 4. The Hall–Kier alpha value is -2.34. The van der Waals surface area contributed by atoms with Crippen LogP contribution in [0.3, 0.4) is 0 Å². The third kappa shape index (κ3) is 4.26. The van der Waals surface area contributed by atoms with Crippen LogP contribution in [-0.2, 0) is 0 Å². The highest BCUT2D eigenvalue weighted by Crippen LogP contribution is 2.02. The van der Waals surface area contributed by atoms with Gasteiger partial charge in [0.05, 0.1) is 0 Å². The quantitative estimate of drug-likeness (QED) is 0.665. The second-order valence-corrected chi connectivity index (χ2v) is 3.85. The van der Waals surface area contributed by atoms with Gasteiger partial charge in [0, 0.05) is 0 Å². The van der Waals surface area contributed by atoms with Crippen LogP contribution in [0.15, 0.2) is 78.9 Å². The van der Waals surface area contributed by atoms with E-state index in [-0.39, 0.29) is 0 Å². The van der Waals surface area contributed by atoms with Crippen LogP contribution >= 0.6 is 0 Å². The van der Waals surface area contributed by atoms with E-state index in [4.69, 9.17) is 0 Å². The Labute approximate surface area is 109 Å². The van der Waals surface area contributed by atoms with Crippen molar-refractivity contribution in [2.45, 2.75) is 0 Å². The average molecular weight is 231 g/mol. The molecule has 2 rings (SSSR count). The Balaban J connectivity index is 1.86. The molecule has 0 amide bonds. The maximum absolute atomic E-state index is 3.11. The first-order chi connectivity index (χ1) is 8.95. The van der Waals surface area contributed by atoms with Crippen LogP contribution in [0.25, 0.3) is 12.2 Å². The normalized spacial score (nSPS) is 11.8. The lowest BCUT2D eigenvalue weighted by Gasteiger charge is -1.88. The van der Waals surface area contributed by atoms with Crippen molar-refractivity contribution in [3.05, 3.63) is 96.1 Å². The molecule has 0 N–H and O–H groups in total. The molecule has 0 saturated heterocycles. The van der Waals surface area contributed by atoms with Crippen LogP contribution in [-0.4, -0.2) is 0 Å². The van der Waals surface area contributed by atoms with Gasteiger partial charge in [0.25, 0.3) is 0 Å². The molecule has 1 radical (unpaired) electrons. The number of hydrogen-bond donors (Lipinski definition) is 0. The number of hydrogen-bond acceptors (Lipinski definition) is 0. The fourth-order valence-corrected chi connectivity index (χ4v) is 1.54. The van der Waals surface area contributed by atoms with Crippen LogP contribution in [0.4, 0.5) is 0 Å². The Morgan fingerprint density at radius 1 is 0.667 bits per heavy atom. The summed E-state index contributed by atoms with van der Waals surface area (Å²) >= 11 is 0. The molecule has 0 fully saturated rings. The van der Waals surface area contributed by atoms with Gasteiger partial charge in [-0.05, 0) is 17.2 Å². The Kier molecular flexibility index (Phi) is 4.77. The molecule has 0 aliphatic heterocycles. The molecule has 2 aromatic rings. The van der Waals surface area contributed by atoms with E-state index in [1.807, 2.05) is 60.7 Å². The predicted octanol–water partition coefficient (Wildman–Crippen LogP) is 4.77. The van der Waals surface area contributed by atoms with E-state index in [0.29, 0.717) is 0 Å². The molecule has 0 aromatic heterocycles. The van der Waals surface area contributed by atoms with E-state index in [0.717, 1.165) is 0 Å². The monoisotopic (exact) mass is 231 g/mol. The van der Waals surface area contributed by atoms with Gasteiger partial charge in [-0.3, -0.25) is 0 Å².